The van der Waals surface area contributed by atoms with Gasteiger partial charge in [0, 0.05) is 37.3 Å². The number of amides is 1. The van der Waals surface area contributed by atoms with E-state index in [1.165, 1.54) is 5.56 Å². The van der Waals surface area contributed by atoms with Crippen LogP contribution in [0.2, 0.25) is 0 Å². The minimum absolute atomic E-state index is 0.108. The third-order valence-electron chi connectivity index (χ3n) is 5.72. The fourth-order valence-electron chi connectivity index (χ4n) is 4.25. The first-order valence-corrected chi connectivity index (χ1v) is 9.67. The highest BCUT2D eigenvalue weighted by atomic mass is 16.5. The van der Waals surface area contributed by atoms with E-state index >= 15 is 0 Å². The molecule has 3 aromatic rings. The molecule has 4 heteroatoms. The molecule has 140 valence electrons. The number of likely N-dealkylation sites (tertiary alicyclic amines) is 1. The maximum absolute atomic E-state index is 12.8. The first-order chi connectivity index (χ1) is 13.3. The van der Waals surface area contributed by atoms with Crippen LogP contribution in [0.15, 0.2) is 60.8 Å². The molecule has 1 amide bonds. The number of aromatic nitrogens is 1. The van der Waals surface area contributed by atoms with Gasteiger partial charge in [0.05, 0.1) is 12.5 Å². The van der Waals surface area contributed by atoms with Crippen LogP contribution < -0.4 is 0 Å². The number of rotatable bonds is 5. The third kappa shape index (κ3) is 3.76. The van der Waals surface area contributed by atoms with Gasteiger partial charge < -0.3 is 14.6 Å². The minimum Gasteiger partial charge on any atom is -0.376 e. The predicted molar refractivity (Wildman–Crippen MR) is 107 cm³/mol. The van der Waals surface area contributed by atoms with Crippen molar-refractivity contribution in [3.63, 3.8) is 0 Å². The van der Waals surface area contributed by atoms with Crippen LogP contribution in [-0.4, -0.2) is 36.0 Å². The molecule has 2 heterocycles. The summed E-state index contributed by atoms with van der Waals surface area (Å²) in [6, 6.07) is 18.5. The summed E-state index contributed by atoms with van der Waals surface area (Å²) < 4.78 is 5.80. The Morgan fingerprint density at radius 2 is 1.81 bits per heavy atom. The number of carbonyl (C=O) groups is 1. The van der Waals surface area contributed by atoms with Crippen molar-refractivity contribution in [3.05, 3.63) is 71.9 Å². The van der Waals surface area contributed by atoms with E-state index in [9.17, 15) is 4.79 Å². The van der Waals surface area contributed by atoms with Crippen LogP contribution in [0.25, 0.3) is 10.9 Å². The zero-order valence-corrected chi connectivity index (χ0v) is 15.7. The molecule has 0 saturated carbocycles. The SMILES string of the molecule is COC(c1ccccc1)C1CCN(C(=O)Cc2c[nH]c3ccccc23)CC1. The lowest BCUT2D eigenvalue weighted by Crippen LogP contribution is -2.40. The van der Waals surface area contributed by atoms with Crippen molar-refractivity contribution in [3.8, 4) is 0 Å². The highest BCUT2D eigenvalue weighted by molar-refractivity contribution is 5.88. The number of methoxy groups -OCH3 is 1. The molecule has 1 aliphatic heterocycles. The van der Waals surface area contributed by atoms with Gasteiger partial charge in [0.1, 0.15) is 0 Å². The summed E-state index contributed by atoms with van der Waals surface area (Å²) in [6.45, 7) is 1.61. The monoisotopic (exact) mass is 362 g/mol. The molecular weight excluding hydrogens is 336 g/mol. The van der Waals surface area contributed by atoms with Crippen molar-refractivity contribution >= 4 is 16.8 Å². The number of benzene rings is 2. The molecule has 1 aliphatic rings. The van der Waals surface area contributed by atoms with Gasteiger partial charge in [-0.05, 0) is 36.0 Å². The van der Waals surface area contributed by atoms with E-state index in [4.69, 9.17) is 4.74 Å². The van der Waals surface area contributed by atoms with E-state index in [-0.39, 0.29) is 12.0 Å². The Labute approximate surface area is 160 Å². The van der Waals surface area contributed by atoms with Crippen LogP contribution in [0.4, 0.5) is 0 Å². The number of aromatic amines is 1. The lowest BCUT2D eigenvalue weighted by Gasteiger charge is -2.35. The number of ether oxygens (including phenoxy) is 1. The Morgan fingerprint density at radius 1 is 1.11 bits per heavy atom. The van der Waals surface area contributed by atoms with Gasteiger partial charge >= 0.3 is 0 Å². The Kier molecular flexibility index (Phi) is 5.26. The van der Waals surface area contributed by atoms with E-state index in [2.05, 4.69) is 35.3 Å². The zero-order valence-electron chi connectivity index (χ0n) is 15.7. The number of piperidine rings is 1. The molecule has 27 heavy (non-hydrogen) atoms. The summed E-state index contributed by atoms with van der Waals surface area (Å²) in [5.74, 6) is 0.668. The predicted octanol–water partition coefficient (Wildman–Crippen LogP) is 4.34. The zero-order chi connectivity index (χ0) is 18.6. The average molecular weight is 362 g/mol. The number of para-hydroxylation sites is 1. The number of hydrogen-bond acceptors (Lipinski definition) is 2. The van der Waals surface area contributed by atoms with E-state index in [0.29, 0.717) is 12.3 Å². The first-order valence-electron chi connectivity index (χ1n) is 9.67. The van der Waals surface area contributed by atoms with Gasteiger partial charge in [-0.25, -0.2) is 0 Å². The number of nitrogens with one attached hydrogen (secondary N) is 1. The van der Waals surface area contributed by atoms with Gasteiger partial charge in [0.25, 0.3) is 0 Å². The molecular formula is C23H26N2O2. The number of H-pyrrole nitrogens is 1. The van der Waals surface area contributed by atoms with Crippen LogP contribution in [0.1, 0.15) is 30.1 Å². The van der Waals surface area contributed by atoms with Gasteiger partial charge in [-0.3, -0.25) is 4.79 Å². The lowest BCUT2D eigenvalue weighted by atomic mass is 9.87. The Balaban J connectivity index is 1.38. The maximum atomic E-state index is 12.8. The van der Waals surface area contributed by atoms with Crippen LogP contribution >= 0.6 is 0 Å². The van der Waals surface area contributed by atoms with Gasteiger partial charge in [-0.2, -0.15) is 0 Å². The van der Waals surface area contributed by atoms with Crippen LogP contribution in [0, 0.1) is 5.92 Å². The highest BCUT2D eigenvalue weighted by Gasteiger charge is 2.29. The molecule has 4 nitrogen and oxygen atoms in total. The molecule has 1 fully saturated rings. The van der Waals surface area contributed by atoms with Gasteiger partial charge in [0.15, 0.2) is 0 Å². The smallest absolute Gasteiger partial charge is 0.227 e. The van der Waals surface area contributed by atoms with E-state index < -0.39 is 0 Å². The average Bonchev–Trinajstić information content (AvgIpc) is 3.13. The number of hydrogen-bond donors (Lipinski definition) is 1. The van der Waals surface area contributed by atoms with Crippen molar-refractivity contribution in [2.45, 2.75) is 25.4 Å². The summed E-state index contributed by atoms with van der Waals surface area (Å²) in [5, 5.41) is 1.14. The lowest BCUT2D eigenvalue weighted by molar-refractivity contribution is -0.132. The third-order valence-corrected chi connectivity index (χ3v) is 5.72. The van der Waals surface area contributed by atoms with Gasteiger partial charge in [0.2, 0.25) is 5.91 Å². The molecule has 0 aliphatic carbocycles. The quantitative estimate of drug-likeness (QED) is 0.734. The molecule has 4 rings (SSSR count). The van der Waals surface area contributed by atoms with E-state index in [1.54, 1.807) is 7.11 Å². The fourth-order valence-corrected chi connectivity index (χ4v) is 4.25. The molecule has 1 saturated heterocycles. The van der Waals surface area contributed by atoms with Crippen LogP contribution in [0.5, 0.6) is 0 Å². The molecule has 2 aromatic carbocycles. The summed E-state index contributed by atoms with van der Waals surface area (Å²) in [5.41, 5.74) is 3.39. The van der Waals surface area contributed by atoms with Crippen molar-refractivity contribution in [2.75, 3.05) is 20.2 Å². The minimum atomic E-state index is 0.108. The molecule has 1 N–H and O–H groups in total. The van der Waals surface area contributed by atoms with E-state index in [1.807, 2.05) is 35.4 Å². The standard InChI is InChI=1S/C23H26N2O2/c1-27-23(17-7-3-2-4-8-17)18-11-13-25(14-12-18)22(26)15-19-16-24-21-10-6-5-9-20(19)21/h2-10,16,18,23-24H,11-15H2,1H3. The summed E-state index contributed by atoms with van der Waals surface area (Å²) in [4.78, 5) is 18.1. The molecule has 1 unspecified atom stereocenters. The van der Waals surface area contributed by atoms with Crippen LogP contribution in [-0.2, 0) is 16.0 Å². The summed E-state index contributed by atoms with van der Waals surface area (Å²) >= 11 is 0. The topological polar surface area (TPSA) is 45.3 Å². The Morgan fingerprint density at radius 3 is 2.56 bits per heavy atom. The van der Waals surface area contributed by atoms with Crippen molar-refractivity contribution in [1.82, 2.24) is 9.88 Å². The number of carbonyl (C=O) groups excluding carboxylic acids is 1. The second-order valence-corrected chi connectivity index (χ2v) is 7.32. The van der Waals surface area contributed by atoms with E-state index in [0.717, 1.165) is 42.4 Å². The van der Waals surface area contributed by atoms with Crippen LogP contribution in [0.3, 0.4) is 0 Å². The van der Waals surface area contributed by atoms with Gasteiger partial charge in [-0.1, -0.05) is 48.5 Å². The summed E-state index contributed by atoms with van der Waals surface area (Å²) in [7, 11) is 1.78. The van der Waals surface area contributed by atoms with Crippen molar-refractivity contribution in [2.24, 2.45) is 5.92 Å². The largest absolute Gasteiger partial charge is 0.376 e. The highest BCUT2D eigenvalue weighted by Crippen LogP contribution is 2.33. The second-order valence-electron chi connectivity index (χ2n) is 7.32. The normalized spacial score (nSPS) is 16.6. The first kappa shape index (κ1) is 17.8. The number of nitrogens with zero attached hydrogens (tertiary/aromatic N) is 1. The molecule has 1 atom stereocenters. The maximum Gasteiger partial charge on any atom is 0.227 e. The fraction of sp³-hybridized carbons (Fsp3) is 0.348. The second kappa shape index (κ2) is 7.97. The van der Waals surface area contributed by atoms with Gasteiger partial charge in [-0.15, -0.1) is 0 Å². The molecule has 0 bridgehead atoms. The van der Waals surface area contributed by atoms with Crippen molar-refractivity contribution < 1.29 is 9.53 Å². The molecule has 0 spiro atoms. The molecule has 0 radical (unpaired) electrons. The Hall–Kier alpha value is -2.59. The summed E-state index contributed by atoms with van der Waals surface area (Å²) in [6.07, 6.45) is 4.49. The Bertz CT molecular complexity index is 895. The van der Waals surface area contributed by atoms with Crippen molar-refractivity contribution in [1.29, 1.82) is 0 Å². The number of fused-ring (bicyclic) bond motifs is 1. The molecule has 1 aromatic heterocycles.